The first kappa shape index (κ1) is 33.7. The molecule has 0 bridgehead atoms. The third kappa shape index (κ3) is 8.40. The Hall–Kier alpha value is -4.63. The molecule has 1 aliphatic rings. The first-order valence-corrected chi connectivity index (χ1v) is 17.5. The molecule has 0 unspecified atom stereocenters. The Bertz CT molecular complexity index is 1770. The number of methoxy groups -OCH3 is 1. The second-order valence-electron chi connectivity index (χ2n) is 12.2. The summed E-state index contributed by atoms with van der Waals surface area (Å²) in [6, 6.07) is 29.8. The Morgan fingerprint density at radius 3 is 2.19 bits per heavy atom. The first-order valence-electron chi connectivity index (χ1n) is 16.1. The summed E-state index contributed by atoms with van der Waals surface area (Å²) in [7, 11) is -2.59. The van der Waals surface area contributed by atoms with Crippen molar-refractivity contribution in [2.75, 3.05) is 18.0 Å². The SMILES string of the molecule is COc1cccc(CN(C(=O)CN(c2cc(C)ccc2C)S(=O)(=O)c2ccccc2)[C@@H](Cc2ccccc2)C(=O)NC2CCCC2)c1. The van der Waals surface area contributed by atoms with Gasteiger partial charge in [-0.2, -0.15) is 0 Å². The number of carbonyl (C=O) groups is 2. The molecule has 4 aromatic rings. The molecule has 2 amide bonds. The summed E-state index contributed by atoms with van der Waals surface area (Å²) in [6.45, 7) is 3.30. The number of amides is 2. The van der Waals surface area contributed by atoms with E-state index in [1.54, 1.807) is 31.4 Å². The molecule has 8 nitrogen and oxygen atoms in total. The Morgan fingerprint density at radius 1 is 0.851 bits per heavy atom. The predicted molar refractivity (Wildman–Crippen MR) is 185 cm³/mol. The van der Waals surface area contributed by atoms with Crippen molar-refractivity contribution in [3.05, 3.63) is 125 Å². The number of anilines is 1. The van der Waals surface area contributed by atoms with Gasteiger partial charge in [-0.3, -0.25) is 13.9 Å². The van der Waals surface area contributed by atoms with Crippen LogP contribution in [0.2, 0.25) is 0 Å². The van der Waals surface area contributed by atoms with E-state index in [1.165, 1.54) is 21.3 Å². The quantitative estimate of drug-likeness (QED) is 0.185. The Morgan fingerprint density at radius 2 is 1.51 bits per heavy atom. The first-order chi connectivity index (χ1) is 22.7. The molecule has 0 radical (unpaired) electrons. The Kier molecular flexibility index (Phi) is 11.0. The number of hydrogen-bond donors (Lipinski definition) is 1. The minimum atomic E-state index is -4.16. The smallest absolute Gasteiger partial charge is 0.264 e. The highest BCUT2D eigenvalue weighted by Gasteiger charge is 2.36. The van der Waals surface area contributed by atoms with Gasteiger partial charge in [0.2, 0.25) is 11.8 Å². The minimum Gasteiger partial charge on any atom is -0.497 e. The number of ether oxygens (including phenoxy) is 1. The predicted octanol–water partition coefficient (Wildman–Crippen LogP) is 6.21. The zero-order valence-corrected chi connectivity index (χ0v) is 28.1. The molecule has 0 spiro atoms. The number of benzene rings is 4. The van der Waals surface area contributed by atoms with Crippen LogP contribution in [0.3, 0.4) is 0 Å². The van der Waals surface area contributed by atoms with Gasteiger partial charge in [-0.05, 0) is 79.3 Å². The molecule has 0 aromatic heterocycles. The highest BCUT2D eigenvalue weighted by atomic mass is 32.2. The van der Waals surface area contributed by atoms with Crippen molar-refractivity contribution >= 4 is 27.5 Å². The number of hydrogen-bond acceptors (Lipinski definition) is 5. The molecule has 1 N–H and O–H groups in total. The monoisotopic (exact) mass is 653 g/mol. The van der Waals surface area contributed by atoms with Gasteiger partial charge in [0.1, 0.15) is 18.3 Å². The molecule has 0 saturated heterocycles. The lowest BCUT2D eigenvalue weighted by atomic mass is 10.0. The number of sulfonamides is 1. The second kappa shape index (κ2) is 15.3. The molecule has 246 valence electrons. The van der Waals surface area contributed by atoms with E-state index in [1.807, 2.05) is 80.6 Å². The van der Waals surface area contributed by atoms with Crippen LogP contribution in [0.5, 0.6) is 5.75 Å². The van der Waals surface area contributed by atoms with Gasteiger partial charge < -0.3 is 15.0 Å². The molecule has 47 heavy (non-hydrogen) atoms. The van der Waals surface area contributed by atoms with Gasteiger partial charge in [0, 0.05) is 19.0 Å². The van der Waals surface area contributed by atoms with Crippen LogP contribution in [0.4, 0.5) is 5.69 Å². The maximum absolute atomic E-state index is 14.7. The van der Waals surface area contributed by atoms with E-state index in [4.69, 9.17) is 4.74 Å². The lowest BCUT2D eigenvalue weighted by molar-refractivity contribution is -0.140. The molecule has 0 heterocycles. The molecular weight excluding hydrogens is 611 g/mol. The third-order valence-electron chi connectivity index (χ3n) is 8.70. The van der Waals surface area contributed by atoms with E-state index in [9.17, 15) is 18.0 Å². The fourth-order valence-corrected chi connectivity index (χ4v) is 7.60. The molecule has 9 heteroatoms. The summed E-state index contributed by atoms with van der Waals surface area (Å²) >= 11 is 0. The average molecular weight is 654 g/mol. The average Bonchev–Trinajstić information content (AvgIpc) is 3.60. The highest BCUT2D eigenvalue weighted by molar-refractivity contribution is 7.92. The number of nitrogens with one attached hydrogen (secondary N) is 1. The second-order valence-corrected chi connectivity index (χ2v) is 14.0. The van der Waals surface area contributed by atoms with Crippen molar-refractivity contribution in [3.8, 4) is 5.75 Å². The topological polar surface area (TPSA) is 96.0 Å². The normalized spacial score (nSPS) is 13.9. The van der Waals surface area contributed by atoms with Gasteiger partial charge in [-0.1, -0.05) is 85.6 Å². The van der Waals surface area contributed by atoms with E-state index < -0.39 is 28.5 Å². The molecule has 4 aromatic carbocycles. The number of nitrogens with zero attached hydrogens (tertiary/aromatic N) is 2. The molecule has 1 fully saturated rings. The van der Waals surface area contributed by atoms with Gasteiger partial charge in [0.25, 0.3) is 10.0 Å². The van der Waals surface area contributed by atoms with Crippen LogP contribution in [-0.2, 0) is 32.6 Å². The van der Waals surface area contributed by atoms with Crippen LogP contribution >= 0.6 is 0 Å². The van der Waals surface area contributed by atoms with Gasteiger partial charge >= 0.3 is 0 Å². The molecule has 1 saturated carbocycles. The molecular formula is C38H43N3O5S. The van der Waals surface area contributed by atoms with Crippen molar-refractivity contribution < 1.29 is 22.7 Å². The van der Waals surface area contributed by atoms with E-state index in [-0.39, 0.29) is 29.8 Å². The van der Waals surface area contributed by atoms with Crippen LogP contribution in [0.25, 0.3) is 0 Å². The van der Waals surface area contributed by atoms with Crippen LogP contribution in [0.15, 0.2) is 108 Å². The minimum absolute atomic E-state index is 0.0412. The van der Waals surface area contributed by atoms with Crippen LogP contribution in [0.1, 0.15) is 47.9 Å². The fourth-order valence-electron chi connectivity index (χ4n) is 6.11. The fraction of sp³-hybridized carbons (Fsp3) is 0.316. The summed E-state index contributed by atoms with van der Waals surface area (Å²) in [5.41, 5.74) is 3.64. The molecule has 5 rings (SSSR count). The van der Waals surface area contributed by atoms with Crippen molar-refractivity contribution in [1.29, 1.82) is 0 Å². The third-order valence-corrected chi connectivity index (χ3v) is 10.5. The van der Waals surface area contributed by atoms with E-state index in [0.717, 1.165) is 42.4 Å². The number of rotatable bonds is 13. The Labute approximate surface area is 278 Å². The largest absolute Gasteiger partial charge is 0.497 e. The Balaban J connectivity index is 1.59. The van der Waals surface area contributed by atoms with E-state index >= 15 is 0 Å². The van der Waals surface area contributed by atoms with Crippen molar-refractivity contribution in [3.63, 3.8) is 0 Å². The summed E-state index contributed by atoms with van der Waals surface area (Å²) in [4.78, 5) is 30.5. The maximum atomic E-state index is 14.7. The van der Waals surface area contributed by atoms with Crippen molar-refractivity contribution in [1.82, 2.24) is 10.2 Å². The summed E-state index contributed by atoms with van der Waals surface area (Å²) < 4.78 is 35.2. The van der Waals surface area contributed by atoms with Crippen LogP contribution in [0, 0.1) is 13.8 Å². The highest BCUT2D eigenvalue weighted by Crippen LogP contribution is 2.29. The molecule has 1 aliphatic carbocycles. The van der Waals surface area contributed by atoms with Gasteiger partial charge in [0.15, 0.2) is 0 Å². The summed E-state index contributed by atoms with van der Waals surface area (Å²) in [5.74, 6) is -0.120. The summed E-state index contributed by atoms with van der Waals surface area (Å²) in [5, 5.41) is 3.21. The summed E-state index contributed by atoms with van der Waals surface area (Å²) in [6.07, 6.45) is 4.14. The lowest BCUT2D eigenvalue weighted by Crippen LogP contribution is -2.54. The van der Waals surface area contributed by atoms with E-state index in [0.29, 0.717) is 17.0 Å². The lowest BCUT2D eigenvalue weighted by Gasteiger charge is -2.34. The van der Waals surface area contributed by atoms with Gasteiger partial charge in [0.05, 0.1) is 17.7 Å². The van der Waals surface area contributed by atoms with Crippen molar-refractivity contribution in [2.24, 2.45) is 0 Å². The number of carbonyl (C=O) groups excluding carboxylic acids is 2. The molecule has 0 aliphatic heterocycles. The van der Waals surface area contributed by atoms with Crippen LogP contribution < -0.4 is 14.4 Å². The van der Waals surface area contributed by atoms with Crippen LogP contribution in [-0.4, -0.2) is 50.9 Å². The van der Waals surface area contributed by atoms with Gasteiger partial charge in [-0.15, -0.1) is 0 Å². The molecule has 1 atom stereocenters. The van der Waals surface area contributed by atoms with Crippen molar-refractivity contribution in [2.45, 2.75) is 69.5 Å². The van der Waals surface area contributed by atoms with Gasteiger partial charge in [-0.25, -0.2) is 8.42 Å². The zero-order valence-electron chi connectivity index (χ0n) is 27.3. The standard InChI is InChI=1S/C38H43N3O5S/c1-28-21-22-29(2)35(23-28)41(47(44,45)34-19-8-5-9-20-34)27-37(42)40(26-31-15-12-18-33(24-31)46-3)36(25-30-13-6-4-7-14-30)38(43)39-32-16-10-11-17-32/h4-9,12-15,18-24,32,36H,10-11,16-17,25-27H2,1-3H3,(H,39,43)/t36-/m0/s1. The number of aryl methyl sites for hydroxylation is 2. The zero-order chi connectivity index (χ0) is 33.4. The van der Waals surface area contributed by atoms with E-state index in [2.05, 4.69) is 5.32 Å². The maximum Gasteiger partial charge on any atom is 0.264 e.